The molecule has 0 spiro atoms. The number of carboxylic acids is 1. The van der Waals surface area contributed by atoms with Crippen molar-refractivity contribution < 1.29 is 9.90 Å². The van der Waals surface area contributed by atoms with Crippen LogP contribution in [0.2, 0.25) is 0 Å². The van der Waals surface area contributed by atoms with Crippen LogP contribution in [0.25, 0.3) is 0 Å². The Morgan fingerprint density at radius 3 is 2.47 bits per heavy atom. The Bertz CT molecular complexity index is 306. The predicted molar refractivity (Wildman–Crippen MR) is 63.7 cm³/mol. The lowest BCUT2D eigenvalue weighted by atomic mass is 10.2. The van der Waals surface area contributed by atoms with Crippen molar-refractivity contribution in [3.05, 3.63) is 29.8 Å². The summed E-state index contributed by atoms with van der Waals surface area (Å²) in [5.41, 5.74) is 0.355. The first-order valence-electron chi connectivity index (χ1n) is 5.20. The largest absolute Gasteiger partial charge is 0.478 e. The smallest absolute Gasteiger partial charge is 0.335 e. The number of hydrogen-bond acceptors (Lipinski definition) is 2. The van der Waals surface area contributed by atoms with Crippen LogP contribution < -0.4 is 0 Å². The average molecular weight is 224 g/mol. The molecule has 0 unspecified atom stereocenters. The van der Waals surface area contributed by atoms with Crippen molar-refractivity contribution in [3.8, 4) is 0 Å². The fraction of sp³-hybridized carbons (Fsp3) is 0.417. The molecule has 0 bridgehead atoms. The van der Waals surface area contributed by atoms with Gasteiger partial charge in [-0.3, -0.25) is 0 Å². The first-order chi connectivity index (χ1) is 7.24. The normalized spacial score (nSPS) is 10.2. The molecule has 0 saturated heterocycles. The zero-order valence-corrected chi connectivity index (χ0v) is 9.72. The zero-order valence-electron chi connectivity index (χ0n) is 8.90. The van der Waals surface area contributed by atoms with E-state index < -0.39 is 5.97 Å². The van der Waals surface area contributed by atoms with Crippen LogP contribution in [0.1, 0.15) is 36.5 Å². The van der Waals surface area contributed by atoms with Crippen LogP contribution in [0, 0.1) is 0 Å². The first-order valence-corrected chi connectivity index (χ1v) is 6.18. The number of unbranched alkanes of at least 4 members (excludes halogenated alkanes) is 2. The Balaban J connectivity index is 2.39. The molecule has 0 heterocycles. The third-order valence-corrected chi connectivity index (χ3v) is 3.22. The maximum atomic E-state index is 10.6. The van der Waals surface area contributed by atoms with E-state index in [1.165, 1.54) is 19.3 Å². The van der Waals surface area contributed by atoms with Gasteiger partial charge in [0.25, 0.3) is 0 Å². The number of aromatic carboxylic acids is 1. The van der Waals surface area contributed by atoms with Gasteiger partial charge in [-0.2, -0.15) is 0 Å². The number of rotatable bonds is 6. The summed E-state index contributed by atoms with van der Waals surface area (Å²) in [4.78, 5) is 11.8. The Morgan fingerprint density at radius 1 is 1.27 bits per heavy atom. The van der Waals surface area contributed by atoms with Gasteiger partial charge in [-0.05, 0) is 36.4 Å². The number of carbonyl (C=O) groups is 1. The van der Waals surface area contributed by atoms with E-state index in [9.17, 15) is 4.79 Å². The van der Waals surface area contributed by atoms with E-state index in [0.717, 1.165) is 10.6 Å². The summed E-state index contributed by atoms with van der Waals surface area (Å²) in [6, 6.07) is 7.06. The van der Waals surface area contributed by atoms with Gasteiger partial charge in [-0.1, -0.05) is 19.8 Å². The lowest BCUT2D eigenvalue weighted by Crippen LogP contribution is -1.94. The minimum absolute atomic E-state index is 0.355. The van der Waals surface area contributed by atoms with Crippen molar-refractivity contribution in [2.45, 2.75) is 31.1 Å². The van der Waals surface area contributed by atoms with Gasteiger partial charge < -0.3 is 5.11 Å². The van der Waals surface area contributed by atoms with Crippen molar-refractivity contribution >= 4 is 17.7 Å². The van der Waals surface area contributed by atoms with E-state index in [0.29, 0.717) is 5.56 Å². The van der Waals surface area contributed by atoms with Crippen LogP contribution in [-0.4, -0.2) is 16.8 Å². The van der Waals surface area contributed by atoms with Gasteiger partial charge in [0.1, 0.15) is 0 Å². The first kappa shape index (κ1) is 12.1. The van der Waals surface area contributed by atoms with Gasteiger partial charge in [0, 0.05) is 4.90 Å². The Labute approximate surface area is 94.7 Å². The van der Waals surface area contributed by atoms with Gasteiger partial charge in [0.05, 0.1) is 5.56 Å². The molecule has 1 rings (SSSR count). The fourth-order valence-electron chi connectivity index (χ4n) is 1.24. The molecule has 0 radical (unpaired) electrons. The highest BCUT2D eigenvalue weighted by Crippen LogP contribution is 2.20. The minimum atomic E-state index is -0.863. The summed E-state index contributed by atoms with van der Waals surface area (Å²) in [7, 11) is 0. The highest BCUT2D eigenvalue weighted by atomic mass is 32.2. The molecule has 0 aliphatic rings. The van der Waals surface area contributed by atoms with Crippen LogP contribution in [0.5, 0.6) is 0 Å². The molecule has 1 aromatic carbocycles. The average Bonchev–Trinajstić information content (AvgIpc) is 2.25. The third-order valence-electron chi connectivity index (χ3n) is 2.12. The third kappa shape index (κ3) is 4.38. The second-order valence-electron chi connectivity index (χ2n) is 3.39. The van der Waals surface area contributed by atoms with Crippen LogP contribution in [0.15, 0.2) is 29.2 Å². The van der Waals surface area contributed by atoms with Crippen LogP contribution in [-0.2, 0) is 0 Å². The highest BCUT2D eigenvalue weighted by Gasteiger charge is 2.01. The van der Waals surface area contributed by atoms with Crippen molar-refractivity contribution in [2.24, 2.45) is 0 Å². The molecule has 0 fully saturated rings. The number of hydrogen-bond donors (Lipinski definition) is 1. The Hall–Kier alpha value is -0.960. The highest BCUT2D eigenvalue weighted by molar-refractivity contribution is 7.99. The summed E-state index contributed by atoms with van der Waals surface area (Å²) in [6.07, 6.45) is 3.72. The lowest BCUT2D eigenvalue weighted by molar-refractivity contribution is 0.0697. The van der Waals surface area contributed by atoms with Gasteiger partial charge in [0.2, 0.25) is 0 Å². The predicted octanol–water partition coefficient (Wildman–Crippen LogP) is 3.67. The molecular formula is C12H16O2S. The van der Waals surface area contributed by atoms with Crippen molar-refractivity contribution in [3.63, 3.8) is 0 Å². The van der Waals surface area contributed by atoms with Crippen molar-refractivity contribution in [1.29, 1.82) is 0 Å². The summed E-state index contributed by atoms with van der Waals surface area (Å²) in [6.45, 7) is 2.19. The molecular weight excluding hydrogens is 208 g/mol. The van der Waals surface area contributed by atoms with E-state index in [1.54, 1.807) is 23.9 Å². The van der Waals surface area contributed by atoms with E-state index >= 15 is 0 Å². The fourth-order valence-corrected chi connectivity index (χ4v) is 2.15. The SMILES string of the molecule is CCCCCSc1ccc(C(=O)O)cc1. The zero-order chi connectivity index (χ0) is 11.1. The molecule has 1 N–H and O–H groups in total. The molecule has 2 nitrogen and oxygen atoms in total. The number of benzene rings is 1. The topological polar surface area (TPSA) is 37.3 Å². The van der Waals surface area contributed by atoms with Crippen molar-refractivity contribution in [1.82, 2.24) is 0 Å². The van der Waals surface area contributed by atoms with Crippen LogP contribution in [0.3, 0.4) is 0 Å². The van der Waals surface area contributed by atoms with Gasteiger partial charge in [-0.15, -0.1) is 11.8 Å². The second-order valence-corrected chi connectivity index (χ2v) is 4.55. The van der Waals surface area contributed by atoms with E-state index in [2.05, 4.69) is 6.92 Å². The maximum absolute atomic E-state index is 10.6. The lowest BCUT2D eigenvalue weighted by Gasteiger charge is -2.01. The molecule has 0 aliphatic heterocycles. The summed E-state index contributed by atoms with van der Waals surface area (Å²) < 4.78 is 0. The molecule has 0 atom stereocenters. The molecule has 0 aromatic heterocycles. The quantitative estimate of drug-likeness (QED) is 0.591. The Morgan fingerprint density at radius 2 is 1.93 bits per heavy atom. The molecule has 0 saturated carbocycles. The molecule has 0 amide bonds. The maximum Gasteiger partial charge on any atom is 0.335 e. The molecule has 15 heavy (non-hydrogen) atoms. The molecule has 82 valence electrons. The summed E-state index contributed by atoms with van der Waals surface area (Å²) >= 11 is 1.79. The summed E-state index contributed by atoms with van der Waals surface area (Å²) in [5, 5.41) is 8.71. The van der Waals surface area contributed by atoms with Crippen LogP contribution in [0.4, 0.5) is 0 Å². The van der Waals surface area contributed by atoms with Gasteiger partial charge >= 0.3 is 5.97 Å². The number of thioether (sulfide) groups is 1. The number of carboxylic acid groups (broad SMARTS) is 1. The standard InChI is InChI=1S/C12H16O2S/c1-2-3-4-9-15-11-7-5-10(6-8-11)12(13)14/h5-8H,2-4,9H2,1H3,(H,13,14). The molecule has 1 aromatic rings. The molecule has 0 aliphatic carbocycles. The second kappa shape index (κ2) is 6.51. The van der Waals surface area contributed by atoms with E-state index in [-0.39, 0.29) is 0 Å². The monoisotopic (exact) mass is 224 g/mol. The molecule has 3 heteroatoms. The minimum Gasteiger partial charge on any atom is -0.478 e. The Kier molecular flexibility index (Phi) is 5.26. The van der Waals surface area contributed by atoms with Gasteiger partial charge in [0.15, 0.2) is 0 Å². The van der Waals surface area contributed by atoms with E-state index in [4.69, 9.17) is 5.11 Å². The van der Waals surface area contributed by atoms with E-state index in [1.807, 2.05) is 12.1 Å². The van der Waals surface area contributed by atoms with Gasteiger partial charge in [-0.25, -0.2) is 4.79 Å². The summed E-state index contributed by atoms with van der Waals surface area (Å²) in [5.74, 6) is 0.248. The van der Waals surface area contributed by atoms with Crippen molar-refractivity contribution in [2.75, 3.05) is 5.75 Å². The van der Waals surface area contributed by atoms with Crippen LogP contribution >= 0.6 is 11.8 Å².